The first-order valence-electron chi connectivity index (χ1n) is 10.8. The molecule has 2 aliphatic heterocycles. The summed E-state index contributed by atoms with van der Waals surface area (Å²) >= 11 is 1.73. The highest BCUT2D eigenvalue weighted by atomic mass is 127. The van der Waals surface area contributed by atoms with E-state index in [1.807, 2.05) is 25.8 Å². The van der Waals surface area contributed by atoms with Crippen molar-refractivity contribution >= 4 is 47.2 Å². The number of guanidine groups is 1. The van der Waals surface area contributed by atoms with Crippen molar-refractivity contribution in [1.82, 2.24) is 25.4 Å². The Morgan fingerprint density at radius 1 is 1.30 bits per heavy atom. The molecular weight excluding hydrogens is 511 g/mol. The van der Waals surface area contributed by atoms with Crippen molar-refractivity contribution in [2.24, 2.45) is 16.8 Å². The van der Waals surface area contributed by atoms with Crippen molar-refractivity contribution in [1.29, 1.82) is 0 Å². The average Bonchev–Trinajstić information content (AvgIpc) is 3.34. The summed E-state index contributed by atoms with van der Waals surface area (Å²) in [4.78, 5) is 25.6. The number of aryl methyl sites for hydroxylation is 1. The fourth-order valence-electron chi connectivity index (χ4n) is 4.13. The van der Waals surface area contributed by atoms with E-state index in [0.717, 1.165) is 56.7 Å². The molecule has 30 heavy (non-hydrogen) atoms. The molecule has 2 fully saturated rings. The number of aliphatic imine (C=N–C) groups is 1. The Kier molecular flexibility index (Phi) is 10.3. The first-order chi connectivity index (χ1) is 13.9. The summed E-state index contributed by atoms with van der Waals surface area (Å²) in [6.45, 7) is 11.8. The SMILES string of the molecule is CN=C(NCC1CCN(Cc2csc(C)n2)CC1)NC1CCN(C(=O)C(C)C)C1.I. The molecule has 0 radical (unpaired) electrons. The van der Waals surface area contributed by atoms with Crippen LogP contribution in [0.1, 0.15) is 43.8 Å². The predicted molar refractivity (Wildman–Crippen MR) is 135 cm³/mol. The zero-order valence-corrected chi connectivity index (χ0v) is 21.8. The van der Waals surface area contributed by atoms with E-state index in [0.29, 0.717) is 5.92 Å². The van der Waals surface area contributed by atoms with Gasteiger partial charge in [-0.2, -0.15) is 0 Å². The zero-order chi connectivity index (χ0) is 20.8. The summed E-state index contributed by atoms with van der Waals surface area (Å²) in [6, 6.07) is 0.285. The molecular formula is C21H37IN6OS. The van der Waals surface area contributed by atoms with E-state index >= 15 is 0 Å². The molecule has 3 rings (SSSR count). The molecule has 3 heterocycles. The molecule has 0 aromatic carbocycles. The summed E-state index contributed by atoms with van der Waals surface area (Å²) < 4.78 is 0. The Balaban J connectivity index is 0.00000320. The highest BCUT2D eigenvalue weighted by Crippen LogP contribution is 2.19. The predicted octanol–water partition coefficient (Wildman–Crippen LogP) is 2.70. The molecule has 170 valence electrons. The van der Waals surface area contributed by atoms with Crippen molar-refractivity contribution in [3.8, 4) is 0 Å². The number of aromatic nitrogens is 1. The van der Waals surface area contributed by atoms with Gasteiger partial charge in [-0.15, -0.1) is 35.3 Å². The topological polar surface area (TPSA) is 72.9 Å². The second-order valence-corrected chi connectivity index (χ2v) is 9.66. The lowest BCUT2D eigenvalue weighted by Crippen LogP contribution is -2.47. The van der Waals surface area contributed by atoms with Gasteiger partial charge in [-0.25, -0.2) is 4.98 Å². The normalized spacial score (nSPS) is 21.0. The van der Waals surface area contributed by atoms with Crippen LogP contribution in [0.2, 0.25) is 0 Å². The summed E-state index contributed by atoms with van der Waals surface area (Å²) in [6.07, 6.45) is 3.38. The van der Waals surface area contributed by atoms with Gasteiger partial charge in [-0.05, 0) is 45.2 Å². The quantitative estimate of drug-likeness (QED) is 0.325. The van der Waals surface area contributed by atoms with Crippen LogP contribution >= 0.6 is 35.3 Å². The third-order valence-corrected chi connectivity index (χ3v) is 6.70. The number of halogens is 1. The van der Waals surface area contributed by atoms with E-state index in [1.54, 1.807) is 11.3 Å². The number of piperidine rings is 1. The van der Waals surface area contributed by atoms with Gasteiger partial charge in [0.2, 0.25) is 5.91 Å². The number of rotatable bonds is 6. The maximum atomic E-state index is 12.2. The van der Waals surface area contributed by atoms with Gasteiger partial charge in [-0.1, -0.05) is 13.8 Å². The van der Waals surface area contributed by atoms with Gasteiger partial charge in [0, 0.05) is 50.6 Å². The van der Waals surface area contributed by atoms with Gasteiger partial charge in [0.25, 0.3) is 0 Å². The van der Waals surface area contributed by atoms with E-state index < -0.39 is 0 Å². The van der Waals surface area contributed by atoms with Gasteiger partial charge < -0.3 is 15.5 Å². The molecule has 1 unspecified atom stereocenters. The van der Waals surface area contributed by atoms with Crippen LogP contribution in [0.4, 0.5) is 0 Å². The van der Waals surface area contributed by atoms with Crippen LogP contribution < -0.4 is 10.6 Å². The van der Waals surface area contributed by atoms with Crippen LogP contribution in [-0.2, 0) is 11.3 Å². The van der Waals surface area contributed by atoms with Crippen molar-refractivity contribution in [2.45, 2.75) is 52.6 Å². The highest BCUT2D eigenvalue weighted by Gasteiger charge is 2.28. The molecule has 2 saturated heterocycles. The fourth-order valence-corrected chi connectivity index (χ4v) is 4.73. The van der Waals surface area contributed by atoms with Gasteiger partial charge in [-0.3, -0.25) is 14.7 Å². The monoisotopic (exact) mass is 548 g/mol. The Morgan fingerprint density at radius 2 is 2.03 bits per heavy atom. The molecule has 0 aliphatic carbocycles. The van der Waals surface area contributed by atoms with Crippen LogP contribution in [0.3, 0.4) is 0 Å². The van der Waals surface area contributed by atoms with E-state index in [-0.39, 0.29) is 41.8 Å². The number of nitrogens with zero attached hydrogens (tertiary/aromatic N) is 4. The molecule has 7 nitrogen and oxygen atoms in total. The Hall–Kier alpha value is -0.940. The van der Waals surface area contributed by atoms with Crippen LogP contribution in [0.25, 0.3) is 0 Å². The van der Waals surface area contributed by atoms with Crippen molar-refractivity contribution < 1.29 is 4.79 Å². The summed E-state index contributed by atoms with van der Waals surface area (Å²) in [5.41, 5.74) is 1.20. The molecule has 2 N–H and O–H groups in total. The van der Waals surface area contributed by atoms with Gasteiger partial charge >= 0.3 is 0 Å². The third kappa shape index (κ3) is 7.33. The second kappa shape index (κ2) is 12.2. The smallest absolute Gasteiger partial charge is 0.225 e. The zero-order valence-electron chi connectivity index (χ0n) is 18.7. The van der Waals surface area contributed by atoms with Gasteiger partial charge in [0.1, 0.15) is 0 Å². The van der Waals surface area contributed by atoms with E-state index in [4.69, 9.17) is 0 Å². The first-order valence-corrected chi connectivity index (χ1v) is 11.7. The number of nitrogens with one attached hydrogen (secondary N) is 2. The standard InChI is InChI=1S/C21H36N6OS.HI/c1-15(2)20(28)27-10-7-18(13-27)25-21(22-4)23-11-17-5-8-26(9-6-17)12-19-14-29-16(3)24-19;/h14-15,17-18H,5-13H2,1-4H3,(H2,22,23,25);1H. The van der Waals surface area contributed by atoms with E-state index in [2.05, 4.69) is 37.8 Å². The molecule has 1 aromatic rings. The molecule has 2 aliphatic rings. The minimum absolute atomic E-state index is 0. The highest BCUT2D eigenvalue weighted by molar-refractivity contribution is 14.0. The number of thiazole rings is 1. The molecule has 9 heteroatoms. The van der Waals surface area contributed by atoms with Crippen LogP contribution in [0, 0.1) is 18.8 Å². The van der Waals surface area contributed by atoms with Gasteiger partial charge in [0.15, 0.2) is 5.96 Å². The van der Waals surface area contributed by atoms with Crippen LogP contribution in [0.5, 0.6) is 0 Å². The fraction of sp³-hybridized carbons (Fsp3) is 0.762. The largest absolute Gasteiger partial charge is 0.356 e. The third-order valence-electron chi connectivity index (χ3n) is 5.88. The van der Waals surface area contributed by atoms with Crippen molar-refractivity contribution in [2.75, 3.05) is 39.8 Å². The first kappa shape index (κ1) is 25.3. The number of hydrogen-bond acceptors (Lipinski definition) is 5. The lowest BCUT2D eigenvalue weighted by Gasteiger charge is -2.32. The van der Waals surface area contributed by atoms with E-state index in [9.17, 15) is 4.79 Å². The molecule has 0 saturated carbocycles. The summed E-state index contributed by atoms with van der Waals surface area (Å²) in [7, 11) is 1.82. The maximum absolute atomic E-state index is 12.2. The van der Waals surface area contributed by atoms with Crippen LogP contribution in [-0.4, -0.2) is 72.5 Å². The number of likely N-dealkylation sites (tertiary alicyclic amines) is 2. The number of carbonyl (C=O) groups excluding carboxylic acids is 1. The number of carbonyl (C=O) groups is 1. The maximum Gasteiger partial charge on any atom is 0.225 e. The molecule has 1 aromatic heterocycles. The molecule has 1 amide bonds. The molecule has 1 atom stereocenters. The average molecular weight is 549 g/mol. The molecule has 0 bridgehead atoms. The van der Waals surface area contributed by atoms with Crippen LogP contribution in [0.15, 0.2) is 10.4 Å². The molecule has 0 spiro atoms. The lowest BCUT2D eigenvalue weighted by molar-refractivity contribution is -0.133. The minimum Gasteiger partial charge on any atom is -0.356 e. The Morgan fingerprint density at radius 3 is 2.63 bits per heavy atom. The Labute approximate surface area is 202 Å². The number of amides is 1. The van der Waals surface area contributed by atoms with Gasteiger partial charge in [0.05, 0.1) is 10.7 Å². The second-order valence-electron chi connectivity index (χ2n) is 8.60. The van der Waals surface area contributed by atoms with Crippen molar-refractivity contribution in [3.05, 3.63) is 16.1 Å². The summed E-state index contributed by atoms with van der Waals surface area (Å²) in [5.74, 6) is 1.84. The minimum atomic E-state index is 0. The number of hydrogen-bond donors (Lipinski definition) is 2. The van der Waals surface area contributed by atoms with E-state index in [1.165, 1.54) is 18.5 Å². The Bertz CT molecular complexity index is 701. The van der Waals surface area contributed by atoms with Crippen molar-refractivity contribution in [3.63, 3.8) is 0 Å². The lowest BCUT2D eigenvalue weighted by atomic mass is 9.97. The summed E-state index contributed by atoms with van der Waals surface area (Å²) in [5, 5.41) is 10.3.